The summed E-state index contributed by atoms with van der Waals surface area (Å²) in [6, 6.07) is 0. The topological polar surface area (TPSA) is 0 Å². The van der Waals surface area contributed by atoms with Crippen LogP contribution in [-0.2, 0) is 0 Å². The summed E-state index contributed by atoms with van der Waals surface area (Å²) in [5.41, 5.74) is 0. The third-order valence-electron chi connectivity index (χ3n) is 2.88. The van der Waals surface area contributed by atoms with Gasteiger partial charge in [-0.1, -0.05) is 6.92 Å². The average molecular weight is 212 g/mol. The average Bonchev–Trinajstić information content (AvgIpc) is 2.53. The van der Waals surface area contributed by atoms with E-state index in [0.29, 0.717) is 0 Å². The van der Waals surface area contributed by atoms with E-state index >= 15 is 0 Å². The molecule has 0 saturated carbocycles. The molecule has 86 valence electrons. The molecular weight excluding hydrogens is 191 g/mol. The van der Waals surface area contributed by atoms with E-state index in [1.807, 2.05) is 0 Å². The second-order valence-electron chi connectivity index (χ2n) is 3.78. The summed E-state index contributed by atoms with van der Waals surface area (Å²) in [7, 11) is 0. The first-order valence-corrected chi connectivity index (χ1v) is 5.33. The molecule has 0 atom stereocenters. The Morgan fingerprint density at radius 1 is 1.07 bits per heavy atom. The number of quaternary nitrogens is 1. The largest absolute Gasteiger partial charge is 0.379 e. The van der Waals surface area contributed by atoms with Crippen LogP contribution in [0.5, 0.6) is 0 Å². The van der Waals surface area contributed by atoms with E-state index in [0.717, 1.165) is 0 Å². The maximum atomic E-state index is 9.67. The molecule has 1 rings (SSSR count). The second kappa shape index (κ2) is 7.10. The van der Waals surface area contributed by atoms with Gasteiger partial charge in [0.25, 0.3) is 0 Å². The van der Waals surface area contributed by atoms with Gasteiger partial charge in [-0.2, -0.15) is 13.2 Å². The lowest BCUT2D eigenvalue weighted by Gasteiger charge is -2.32. The van der Waals surface area contributed by atoms with Gasteiger partial charge in [0.2, 0.25) is 0 Å². The number of alkyl halides is 3. The van der Waals surface area contributed by atoms with Crippen LogP contribution < -0.4 is 0 Å². The minimum atomic E-state index is -3.67. The first kappa shape index (κ1) is 13.8. The Balaban J connectivity index is 0.000000364. The highest BCUT2D eigenvalue weighted by atomic mass is 19.4. The van der Waals surface area contributed by atoms with Crippen molar-refractivity contribution in [1.82, 2.24) is 0 Å². The van der Waals surface area contributed by atoms with Crippen LogP contribution in [0.15, 0.2) is 0 Å². The summed E-state index contributed by atoms with van der Waals surface area (Å²) in [6.07, 6.45) is 4.29. The number of rotatable bonds is 3. The highest BCUT2D eigenvalue weighted by Gasteiger charge is 2.28. The Bertz CT molecular complexity index is 131. The van der Waals surface area contributed by atoms with E-state index in [4.69, 9.17) is 0 Å². The van der Waals surface area contributed by atoms with Crippen molar-refractivity contribution in [2.75, 3.05) is 26.2 Å². The van der Waals surface area contributed by atoms with Gasteiger partial charge in [-0.25, -0.2) is 0 Å². The van der Waals surface area contributed by atoms with Crippen LogP contribution in [0.1, 0.15) is 33.1 Å². The Morgan fingerprint density at radius 2 is 1.50 bits per heavy atom. The lowest BCUT2D eigenvalue weighted by Crippen LogP contribution is -2.45. The molecule has 0 radical (unpaired) electrons. The monoisotopic (exact) mass is 212 g/mol. The minimum Gasteiger partial charge on any atom is -0.324 e. The van der Waals surface area contributed by atoms with Crippen molar-refractivity contribution >= 4 is 0 Å². The Labute approximate surface area is 84.5 Å². The van der Waals surface area contributed by atoms with Gasteiger partial charge in [0.1, 0.15) is 0 Å². The van der Waals surface area contributed by atoms with Crippen molar-refractivity contribution in [1.29, 1.82) is 0 Å². The van der Waals surface area contributed by atoms with Crippen molar-refractivity contribution in [2.24, 2.45) is 0 Å². The molecule has 1 saturated heterocycles. The van der Waals surface area contributed by atoms with Crippen LogP contribution in [0.2, 0.25) is 0 Å². The SMILES string of the molecule is CCC[N+]1(CC)CCCC1.FC(F)F. The molecule has 4 heteroatoms. The molecule has 0 aromatic heterocycles. The lowest BCUT2D eigenvalue weighted by molar-refractivity contribution is -0.915. The summed E-state index contributed by atoms with van der Waals surface area (Å²) in [5.74, 6) is 0. The smallest absolute Gasteiger partial charge is 0.324 e. The minimum absolute atomic E-state index is 1.36. The number of hydrogen-bond donors (Lipinski definition) is 0. The van der Waals surface area contributed by atoms with E-state index in [-0.39, 0.29) is 0 Å². The van der Waals surface area contributed by atoms with Crippen LogP contribution in [0.4, 0.5) is 13.2 Å². The third-order valence-corrected chi connectivity index (χ3v) is 2.88. The zero-order chi connectivity index (χ0) is 11.0. The maximum absolute atomic E-state index is 9.67. The first-order chi connectivity index (χ1) is 6.56. The Morgan fingerprint density at radius 3 is 1.79 bits per heavy atom. The maximum Gasteiger partial charge on any atom is 0.379 e. The molecule has 1 nitrogen and oxygen atoms in total. The number of hydrogen-bond acceptors (Lipinski definition) is 0. The van der Waals surface area contributed by atoms with Gasteiger partial charge < -0.3 is 4.48 Å². The molecule has 1 fully saturated rings. The predicted molar refractivity (Wildman–Crippen MR) is 52.0 cm³/mol. The first-order valence-electron chi connectivity index (χ1n) is 5.33. The van der Waals surface area contributed by atoms with Crippen LogP contribution in [0.25, 0.3) is 0 Å². The summed E-state index contributed by atoms with van der Waals surface area (Å²) in [4.78, 5) is 0. The van der Waals surface area contributed by atoms with Crippen molar-refractivity contribution in [3.63, 3.8) is 0 Å². The fraction of sp³-hybridized carbons (Fsp3) is 1.00. The fourth-order valence-corrected chi connectivity index (χ4v) is 2.18. The van der Waals surface area contributed by atoms with Crippen LogP contribution in [0.3, 0.4) is 0 Å². The van der Waals surface area contributed by atoms with Crippen LogP contribution >= 0.6 is 0 Å². The van der Waals surface area contributed by atoms with Crippen LogP contribution in [-0.4, -0.2) is 37.3 Å². The van der Waals surface area contributed by atoms with Gasteiger partial charge in [-0.3, -0.25) is 0 Å². The van der Waals surface area contributed by atoms with Gasteiger partial charge in [0.05, 0.1) is 26.2 Å². The molecule has 0 unspecified atom stereocenters. The second-order valence-corrected chi connectivity index (χ2v) is 3.78. The number of nitrogens with zero attached hydrogens (tertiary/aromatic N) is 1. The van der Waals surface area contributed by atoms with Gasteiger partial charge in [-0.15, -0.1) is 0 Å². The van der Waals surface area contributed by atoms with Gasteiger partial charge in [-0.05, 0) is 13.3 Å². The van der Waals surface area contributed by atoms with E-state index in [2.05, 4.69) is 13.8 Å². The summed E-state index contributed by atoms with van der Waals surface area (Å²) < 4.78 is 30.4. The molecule has 0 aromatic carbocycles. The molecule has 0 aliphatic carbocycles. The van der Waals surface area contributed by atoms with Gasteiger partial charge in [0.15, 0.2) is 0 Å². The quantitative estimate of drug-likeness (QED) is 0.630. The highest BCUT2D eigenvalue weighted by Crippen LogP contribution is 2.18. The van der Waals surface area contributed by atoms with Crippen LogP contribution in [0, 0.1) is 0 Å². The number of likely N-dealkylation sites (tertiary alicyclic amines) is 1. The normalized spacial score (nSPS) is 19.3. The zero-order valence-corrected chi connectivity index (χ0v) is 9.11. The Hall–Kier alpha value is -0.250. The molecular formula is C10H21F3N+. The molecule has 1 aliphatic rings. The van der Waals surface area contributed by atoms with E-state index in [1.165, 1.54) is 49.9 Å². The number of halogens is 3. The van der Waals surface area contributed by atoms with E-state index in [1.54, 1.807) is 0 Å². The van der Waals surface area contributed by atoms with Gasteiger partial charge >= 0.3 is 6.68 Å². The van der Waals surface area contributed by atoms with Gasteiger partial charge in [0, 0.05) is 12.8 Å². The molecule has 0 bridgehead atoms. The molecule has 0 N–H and O–H groups in total. The van der Waals surface area contributed by atoms with Crippen molar-refractivity contribution in [2.45, 2.75) is 39.8 Å². The predicted octanol–water partition coefficient (Wildman–Crippen LogP) is 3.21. The molecule has 0 spiro atoms. The van der Waals surface area contributed by atoms with Crippen molar-refractivity contribution in [3.05, 3.63) is 0 Å². The molecule has 0 amide bonds. The molecule has 1 heterocycles. The van der Waals surface area contributed by atoms with Crippen molar-refractivity contribution < 1.29 is 17.7 Å². The molecule has 1 aliphatic heterocycles. The lowest BCUT2D eigenvalue weighted by atomic mass is 10.3. The highest BCUT2D eigenvalue weighted by molar-refractivity contribution is 4.52. The molecule has 14 heavy (non-hydrogen) atoms. The molecule has 0 aromatic rings. The summed E-state index contributed by atoms with van der Waals surface area (Å²) in [5, 5.41) is 0. The van der Waals surface area contributed by atoms with E-state index < -0.39 is 6.68 Å². The Kier molecular flexibility index (Phi) is 6.97. The summed E-state index contributed by atoms with van der Waals surface area (Å²) in [6.45, 7) is 6.63. The fourth-order valence-electron chi connectivity index (χ4n) is 2.18. The van der Waals surface area contributed by atoms with E-state index in [9.17, 15) is 13.2 Å². The van der Waals surface area contributed by atoms with Crippen molar-refractivity contribution in [3.8, 4) is 0 Å². The zero-order valence-electron chi connectivity index (χ0n) is 9.11. The standard InChI is InChI=1S/C9H20N.CHF3/c1-3-7-10(4-2)8-5-6-9-10;2-1(3)4/h3-9H2,1-2H3;1H/q+1;. The third kappa shape index (κ3) is 5.47. The summed E-state index contributed by atoms with van der Waals surface area (Å²) >= 11 is 0.